The molecule has 0 amide bonds. The molecule has 3 heteroatoms. The van der Waals surface area contributed by atoms with Gasteiger partial charge in [0.2, 0.25) is 0 Å². The summed E-state index contributed by atoms with van der Waals surface area (Å²) in [7, 11) is 0. The number of anilines is 1. The molecule has 0 saturated carbocycles. The van der Waals surface area contributed by atoms with Crippen LogP contribution in [0.5, 0.6) is 0 Å². The number of hydrogen-bond donors (Lipinski definition) is 0. The van der Waals surface area contributed by atoms with Gasteiger partial charge in [0.1, 0.15) is 11.9 Å². The van der Waals surface area contributed by atoms with Gasteiger partial charge in [-0.25, -0.2) is 4.39 Å². The van der Waals surface area contributed by atoms with Gasteiger partial charge in [-0.1, -0.05) is 13.8 Å². The molecule has 90 valence electrons. The third-order valence-corrected chi connectivity index (χ3v) is 3.77. The van der Waals surface area contributed by atoms with Crippen molar-refractivity contribution in [1.82, 2.24) is 0 Å². The molecular formula is C14H17FN2. The zero-order valence-electron chi connectivity index (χ0n) is 10.3. The van der Waals surface area contributed by atoms with E-state index in [-0.39, 0.29) is 5.56 Å². The number of benzene rings is 1. The lowest BCUT2D eigenvalue weighted by atomic mass is 9.88. The molecule has 2 rings (SSSR count). The predicted molar refractivity (Wildman–Crippen MR) is 66.3 cm³/mol. The van der Waals surface area contributed by atoms with Crippen LogP contribution >= 0.6 is 0 Å². The van der Waals surface area contributed by atoms with Crippen molar-refractivity contribution in [3.63, 3.8) is 0 Å². The average Bonchev–Trinajstić information content (AvgIpc) is 2.32. The first-order valence-electron chi connectivity index (χ1n) is 6.06. The van der Waals surface area contributed by atoms with E-state index in [1.165, 1.54) is 6.07 Å². The van der Waals surface area contributed by atoms with Crippen molar-refractivity contribution < 1.29 is 4.39 Å². The van der Waals surface area contributed by atoms with Crippen LogP contribution in [0.1, 0.15) is 25.8 Å². The van der Waals surface area contributed by atoms with Gasteiger partial charge in [-0.3, -0.25) is 0 Å². The maximum Gasteiger partial charge on any atom is 0.143 e. The zero-order valence-corrected chi connectivity index (χ0v) is 10.3. The molecule has 2 atom stereocenters. The molecule has 1 aliphatic rings. The Kier molecular flexibility index (Phi) is 3.33. The van der Waals surface area contributed by atoms with E-state index in [0.717, 1.165) is 31.1 Å². The minimum absolute atomic E-state index is 0.118. The topological polar surface area (TPSA) is 27.0 Å². The smallest absolute Gasteiger partial charge is 0.143 e. The zero-order chi connectivity index (χ0) is 12.4. The fourth-order valence-electron chi connectivity index (χ4n) is 2.29. The van der Waals surface area contributed by atoms with E-state index >= 15 is 0 Å². The lowest BCUT2D eigenvalue weighted by molar-refractivity contribution is 0.324. The van der Waals surface area contributed by atoms with Gasteiger partial charge in [0.15, 0.2) is 0 Å². The quantitative estimate of drug-likeness (QED) is 0.743. The molecule has 0 aromatic heterocycles. The fraction of sp³-hybridized carbons (Fsp3) is 0.500. The van der Waals surface area contributed by atoms with Crippen LogP contribution in [0.15, 0.2) is 18.2 Å². The van der Waals surface area contributed by atoms with Crippen LogP contribution in [-0.2, 0) is 0 Å². The molecule has 0 spiro atoms. The second-order valence-corrected chi connectivity index (χ2v) is 4.97. The summed E-state index contributed by atoms with van der Waals surface area (Å²) in [4.78, 5) is 2.20. The normalized spacial score (nSPS) is 24.5. The Morgan fingerprint density at radius 1 is 1.35 bits per heavy atom. The van der Waals surface area contributed by atoms with E-state index in [1.54, 1.807) is 6.07 Å². The van der Waals surface area contributed by atoms with Crippen LogP contribution < -0.4 is 4.90 Å². The van der Waals surface area contributed by atoms with Gasteiger partial charge in [0, 0.05) is 18.8 Å². The minimum atomic E-state index is -0.420. The van der Waals surface area contributed by atoms with E-state index < -0.39 is 5.82 Å². The lowest BCUT2D eigenvalue weighted by Crippen LogP contribution is -2.38. The van der Waals surface area contributed by atoms with Crippen molar-refractivity contribution in [2.45, 2.75) is 20.3 Å². The monoisotopic (exact) mass is 232 g/mol. The summed E-state index contributed by atoms with van der Waals surface area (Å²) in [6.45, 7) is 6.43. The molecule has 17 heavy (non-hydrogen) atoms. The maximum absolute atomic E-state index is 13.5. The van der Waals surface area contributed by atoms with Crippen LogP contribution in [0.3, 0.4) is 0 Å². The third kappa shape index (κ3) is 2.41. The molecule has 0 aliphatic carbocycles. The molecule has 0 radical (unpaired) electrons. The number of piperidine rings is 1. The first kappa shape index (κ1) is 11.9. The van der Waals surface area contributed by atoms with Crippen LogP contribution in [0.25, 0.3) is 0 Å². The molecule has 1 fully saturated rings. The number of nitrogens with zero attached hydrogens (tertiary/aromatic N) is 2. The van der Waals surface area contributed by atoms with E-state index in [0.29, 0.717) is 5.92 Å². The Balaban J connectivity index is 2.18. The van der Waals surface area contributed by atoms with Gasteiger partial charge in [-0.15, -0.1) is 0 Å². The summed E-state index contributed by atoms with van der Waals surface area (Å²) < 4.78 is 13.5. The van der Waals surface area contributed by atoms with Crippen LogP contribution in [0.2, 0.25) is 0 Å². The number of nitriles is 1. The van der Waals surface area contributed by atoms with Gasteiger partial charge in [-0.2, -0.15) is 5.26 Å². The molecule has 2 unspecified atom stereocenters. The van der Waals surface area contributed by atoms with Crippen molar-refractivity contribution >= 4 is 5.69 Å². The molecule has 0 N–H and O–H groups in total. The molecule has 1 aromatic carbocycles. The number of halogens is 1. The lowest BCUT2D eigenvalue weighted by Gasteiger charge is -2.36. The molecule has 2 nitrogen and oxygen atoms in total. The molecule has 1 aromatic rings. The first-order valence-corrected chi connectivity index (χ1v) is 6.06. The highest BCUT2D eigenvalue weighted by Crippen LogP contribution is 2.27. The summed E-state index contributed by atoms with van der Waals surface area (Å²) in [6.07, 6.45) is 1.14. The van der Waals surface area contributed by atoms with Gasteiger partial charge in [0.25, 0.3) is 0 Å². The summed E-state index contributed by atoms with van der Waals surface area (Å²) in [5.41, 5.74) is 1.01. The summed E-state index contributed by atoms with van der Waals surface area (Å²) >= 11 is 0. The Morgan fingerprint density at radius 2 is 2.12 bits per heavy atom. The molecule has 1 heterocycles. The van der Waals surface area contributed by atoms with Gasteiger partial charge >= 0.3 is 0 Å². The average molecular weight is 232 g/mol. The van der Waals surface area contributed by atoms with E-state index in [4.69, 9.17) is 5.26 Å². The summed E-state index contributed by atoms with van der Waals surface area (Å²) in [6, 6.07) is 6.72. The van der Waals surface area contributed by atoms with Gasteiger partial charge in [-0.05, 0) is 36.5 Å². The molecule has 1 aliphatic heterocycles. The van der Waals surface area contributed by atoms with E-state index in [2.05, 4.69) is 18.7 Å². The van der Waals surface area contributed by atoms with Crippen LogP contribution in [-0.4, -0.2) is 13.1 Å². The highest BCUT2D eigenvalue weighted by molar-refractivity contribution is 5.50. The second-order valence-electron chi connectivity index (χ2n) is 4.97. The Hall–Kier alpha value is -1.56. The van der Waals surface area contributed by atoms with Crippen molar-refractivity contribution in [2.24, 2.45) is 11.8 Å². The second kappa shape index (κ2) is 4.75. The molecule has 0 bridgehead atoms. The van der Waals surface area contributed by atoms with Crippen molar-refractivity contribution in [3.8, 4) is 6.07 Å². The Bertz CT molecular complexity index is 450. The maximum atomic E-state index is 13.5. The summed E-state index contributed by atoms with van der Waals surface area (Å²) in [5, 5.41) is 8.69. The SMILES string of the molecule is CC1CCN(c2ccc(C#N)c(F)c2)CC1C. The Morgan fingerprint density at radius 3 is 2.71 bits per heavy atom. The van der Waals surface area contributed by atoms with Crippen LogP contribution in [0, 0.1) is 29.0 Å². The highest BCUT2D eigenvalue weighted by Gasteiger charge is 2.23. The molecule has 1 saturated heterocycles. The van der Waals surface area contributed by atoms with Crippen molar-refractivity contribution in [3.05, 3.63) is 29.6 Å². The summed E-state index contributed by atoms with van der Waals surface area (Å²) in [5.74, 6) is 0.938. The third-order valence-electron chi connectivity index (χ3n) is 3.77. The number of rotatable bonds is 1. The van der Waals surface area contributed by atoms with Gasteiger partial charge < -0.3 is 4.90 Å². The standard InChI is InChI=1S/C14H17FN2/c1-10-5-6-17(9-11(10)2)13-4-3-12(8-16)14(15)7-13/h3-4,7,10-11H,5-6,9H2,1-2H3. The minimum Gasteiger partial charge on any atom is -0.371 e. The fourth-order valence-corrected chi connectivity index (χ4v) is 2.29. The Labute approximate surface area is 102 Å². The van der Waals surface area contributed by atoms with Crippen LogP contribution in [0.4, 0.5) is 10.1 Å². The largest absolute Gasteiger partial charge is 0.371 e. The van der Waals surface area contributed by atoms with E-state index in [1.807, 2.05) is 12.1 Å². The number of hydrogen-bond acceptors (Lipinski definition) is 2. The first-order chi connectivity index (χ1) is 8.11. The van der Waals surface area contributed by atoms with Crippen molar-refractivity contribution in [2.75, 3.05) is 18.0 Å². The molecular weight excluding hydrogens is 215 g/mol. The van der Waals surface area contributed by atoms with Gasteiger partial charge in [0.05, 0.1) is 5.56 Å². The highest BCUT2D eigenvalue weighted by atomic mass is 19.1. The van der Waals surface area contributed by atoms with E-state index in [9.17, 15) is 4.39 Å². The van der Waals surface area contributed by atoms with Crippen molar-refractivity contribution in [1.29, 1.82) is 5.26 Å². The predicted octanol–water partition coefficient (Wildman–Crippen LogP) is 3.18.